The molecule has 0 spiro atoms. The van der Waals surface area contributed by atoms with Crippen molar-refractivity contribution >= 4 is 15.9 Å². The van der Waals surface area contributed by atoms with Gasteiger partial charge >= 0.3 is 0 Å². The molecule has 2 aromatic rings. The van der Waals surface area contributed by atoms with E-state index in [1.807, 2.05) is 7.05 Å². The van der Waals surface area contributed by atoms with Crippen molar-refractivity contribution in [3.05, 3.63) is 39.8 Å². The summed E-state index contributed by atoms with van der Waals surface area (Å²) < 4.78 is 2.91. The SMILES string of the molecule is Cc1cc(C(C)(C)C)ccc1-c1c(Br)nc(CN)n1C. The van der Waals surface area contributed by atoms with Gasteiger partial charge < -0.3 is 10.3 Å². The summed E-state index contributed by atoms with van der Waals surface area (Å²) in [6, 6.07) is 6.64. The summed E-state index contributed by atoms with van der Waals surface area (Å²) >= 11 is 3.55. The molecule has 1 heterocycles. The minimum Gasteiger partial charge on any atom is -0.329 e. The topological polar surface area (TPSA) is 43.8 Å². The first-order valence-corrected chi connectivity index (χ1v) is 7.57. The highest BCUT2D eigenvalue weighted by molar-refractivity contribution is 9.10. The Kier molecular flexibility index (Phi) is 4.07. The van der Waals surface area contributed by atoms with Crippen molar-refractivity contribution in [1.29, 1.82) is 0 Å². The molecule has 2 N–H and O–H groups in total. The van der Waals surface area contributed by atoms with Crippen molar-refractivity contribution in [1.82, 2.24) is 9.55 Å². The van der Waals surface area contributed by atoms with Crippen molar-refractivity contribution in [2.45, 2.75) is 39.7 Å². The van der Waals surface area contributed by atoms with Crippen molar-refractivity contribution in [3.63, 3.8) is 0 Å². The molecule has 1 aromatic carbocycles. The molecule has 1 aromatic heterocycles. The van der Waals surface area contributed by atoms with Crippen LogP contribution in [-0.4, -0.2) is 9.55 Å². The number of benzene rings is 1. The molecular formula is C16H22BrN3. The summed E-state index contributed by atoms with van der Waals surface area (Å²) in [6.45, 7) is 9.27. The first-order valence-electron chi connectivity index (χ1n) is 6.78. The molecule has 0 aliphatic heterocycles. The zero-order valence-corrected chi connectivity index (χ0v) is 14.4. The third kappa shape index (κ3) is 2.67. The molecule has 20 heavy (non-hydrogen) atoms. The molecule has 4 heteroatoms. The smallest absolute Gasteiger partial charge is 0.132 e. The monoisotopic (exact) mass is 335 g/mol. The summed E-state index contributed by atoms with van der Waals surface area (Å²) in [5.41, 5.74) is 10.8. The summed E-state index contributed by atoms with van der Waals surface area (Å²) in [6.07, 6.45) is 0. The van der Waals surface area contributed by atoms with Crippen LogP contribution in [-0.2, 0) is 19.0 Å². The molecule has 0 unspecified atom stereocenters. The van der Waals surface area contributed by atoms with E-state index in [0.717, 1.165) is 16.1 Å². The van der Waals surface area contributed by atoms with Crippen molar-refractivity contribution in [2.75, 3.05) is 0 Å². The Labute approximate surface area is 129 Å². The van der Waals surface area contributed by atoms with Gasteiger partial charge in [0.15, 0.2) is 0 Å². The maximum absolute atomic E-state index is 5.73. The number of imidazole rings is 1. The van der Waals surface area contributed by atoms with Gasteiger partial charge in [0.25, 0.3) is 0 Å². The van der Waals surface area contributed by atoms with Gasteiger partial charge in [0.1, 0.15) is 10.4 Å². The minimum atomic E-state index is 0.162. The second-order valence-corrected chi connectivity index (χ2v) is 6.96. The third-order valence-corrected chi connectivity index (χ3v) is 4.23. The van der Waals surface area contributed by atoms with Crippen molar-refractivity contribution in [2.24, 2.45) is 12.8 Å². The van der Waals surface area contributed by atoms with Gasteiger partial charge in [0.2, 0.25) is 0 Å². The highest BCUT2D eigenvalue weighted by Crippen LogP contribution is 2.33. The molecule has 3 nitrogen and oxygen atoms in total. The van der Waals surface area contributed by atoms with Crippen LogP contribution in [0, 0.1) is 6.92 Å². The minimum absolute atomic E-state index is 0.162. The zero-order chi connectivity index (χ0) is 15.1. The van der Waals surface area contributed by atoms with Gasteiger partial charge in [-0.3, -0.25) is 0 Å². The van der Waals surface area contributed by atoms with E-state index in [1.165, 1.54) is 16.7 Å². The van der Waals surface area contributed by atoms with E-state index in [1.54, 1.807) is 0 Å². The molecule has 108 valence electrons. The van der Waals surface area contributed by atoms with Crippen LogP contribution in [0.2, 0.25) is 0 Å². The van der Waals surface area contributed by atoms with E-state index in [9.17, 15) is 0 Å². The number of nitrogens with zero attached hydrogens (tertiary/aromatic N) is 2. The number of aromatic nitrogens is 2. The lowest BCUT2D eigenvalue weighted by atomic mass is 9.85. The van der Waals surface area contributed by atoms with E-state index in [4.69, 9.17) is 5.73 Å². The van der Waals surface area contributed by atoms with Crippen LogP contribution in [0.1, 0.15) is 37.7 Å². The molecule has 0 radical (unpaired) electrons. The maximum Gasteiger partial charge on any atom is 0.132 e. The largest absolute Gasteiger partial charge is 0.329 e. The van der Waals surface area contributed by atoms with Crippen LogP contribution in [0.3, 0.4) is 0 Å². The standard InChI is InChI=1S/C16H22BrN3/c1-10-8-11(16(2,3)4)6-7-12(10)14-15(17)19-13(9-18)20(14)5/h6-8H,9,18H2,1-5H3. The number of halogens is 1. The summed E-state index contributed by atoms with van der Waals surface area (Å²) in [5.74, 6) is 0.881. The van der Waals surface area contributed by atoms with E-state index >= 15 is 0 Å². The number of hydrogen-bond acceptors (Lipinski definition) is 2. The normalized spacial score (nSPS) is 11.9. The van der Waals surface area contributed by atoms with Crippen LogP contribution in [0.25, 0.3) is 11.3 Å². The van der Waals surface area contributed by atoms with Crippen LogP contribution < -0.4 is 5.73 Å². The van der Waals surface area contributed by atoms with Gasteiger partial charge in [-0.25, -0.2) is 4.98 Å². The van der Waals surface area contributed by atoms with Crippen molar-refractivity contribution < 1.29 is 0 Å². The summed E-state index contributed by atoms with van der Waals surface area (Å²) in [7, 11) is 2.01. The van der Waals surface area contributed by atoms with E-state index < -0.39 is 0 Å². The zero-order valence-electron chi connectivity index (χ0n) is 12.8. The van der Waals surface area contributed by atoms with Crippen molar-refractivity contribution in [3.8, 4) is 11.3 Å². The van der Waals surface area contributed by atoms with E-state index in [2.05, 4.69) is 71.4 Å². The first kappa shape index (κ1) is 15.3. The second kappa shape index (κ2) is 5.34. The van der Waals surface area contributed by atoms with Gasteiger partial charge in [-0.2, -0.15) is 0 Å². The Morgan fingerprint density at radius 1 is 1.30 bits per heavy atom. The fourth-order valence-electron chi connectivity index (χ4n) is 2.38. The lowest BCUT2D eigenvalue weighted by Crippen LogP contribution is -2.11. The van der Waals surface area contributed by atoms with Gasteiger partial charge in [-0.1, -0.05) is 39.0 Å². The fraction of sp³-hybridized carbons (Fsp3) is 0.438. The Balaban J connectivity index is 2.57. The summed E-state index contributed by atoms with van der Waals surface area (Å²) in [4.78, 5) is 4.47. The molecule has 0 saturated heterocycles. The average molecular weight is 336 g/mol. The van der Waals surface area contributed by atoms with Gasteiger partial charge in [0, 0.05) is 12.6 Å². The molecule has 0 fully saturated rings. The molecule has 0 aliphatic carbocycles. The number of nitrogens with two attached hydrogens (primary N) is 1. The highest BCUT2D eigenvalue weighted by atomic mass is 79.9. The number of hydrogen-bond donors (Lipinski definition) is 1. The lowest BCUT2D eigenvalue weighted by molar-refractivity contribution is 0.590. The Bertz CT molecular complexity index is 636. The lowest BCUT2D eigenvalue weighted by Gasteiger charge is -2.21. The van der Waals surface area contributed by atoms with Crippen LogP contribution >= 0.6 is 15.9 Å². The maximum atomic E-state index is 5.73. The van der Waals surface area contributed by atoms with Gasteiger partial charge in [0.05, 0.1) is 12.2 Å². The van der Waals surface area contributed by atoms with Crippen LogP contribution in [0.4, 0.5) is 0 Å². The molecule has 0 atom stereocenters. The second-order valence-electron chi connectivity index (χ2n) is 6.21. The Morgan fingerprint density at radius 2 is 1.95 bits per heavy atom. The van der Waals surface area contributed by atoms with Gasteiger partial charge in [-0.15, -0.1) is 0 Å². The predicted molar refractivity (Wildman–Crippen MR) is 87.7 cm³/mol. The van der Waals surface area contributed by atoms with Gasteiger partial charge in [-0.05, 0) is 39.4 Å². The fourth-order valence-corrected chi connectivity index (χ4v) is 3.06. The Morgan fingerprint density at radius 3 is 2.40 bits per heavy atom. The van der Waals surface area contributed by atoms with E-state index in [-0.39, 0.29) is 5.41 Å². The molecule has 0 aliphatic rings. The third-order valence-electron chi connectivity index (χ3n) is 3.68. The number of rotatable bonds is 2. The van der Waals surface area contributed by atoms with Crippen LogP contribution in [0.15, 0.2) is 22.8 Å². The molecule has 0 bridgehead atoms. The molecule has 0 saturated carbocycles. The van der Waals surface area contributed by atoms with E-state index in [0.29, 0.717) is 6.54 Å². The quantitative estimate of drug-likeness (QED) is 0.903. The first-order chi connectivity index (χ1) is 9.25. The number of aryl methyl sites for hydroxylation is 1. The summed E-state index contributed by atoms with van der Waals surface area (Å²) in [5, 5.41) is 0. The molecule has 2 rings (SSSR count). The van der Waals surface area contributed by atoms with Crippen LogP contribution in [0.5, 0.6) is 0 Å². The Hall–Kier alpha value is -1.13. The molecule has 0 amide bonds. The molecular weight excluding hydrogens is 314 g/mol. The highest BCUT2D eigenvalue weighted by Gasteiger charge is 2.18. The predicted octanol–water partition coefficient (Wildman–Crippen LogP) is 3.91. The average Bonchev–Trinajstić information content (AvgIpc) is 2.63.